The molecule has 31 heavy (non-hydrogen) atoms. The van der Waals surface area contributed by atoms with E-state index >= 15 is 0 Å². The summed E-state index contributed by atoms with van der Waals surface area (Å²) in [5, 5.41) is 0.660. The molecule has 0 saturated carbocycles. The Bertz CT molecular complexity index is 1100. The molecule has 1 amide bonds. The molecule has 2 fully saturated rings. The Morgan fingerprint density at radius 3 is 2.45 bits per heavy atom. The summed E-state index contributed by atoms with van der Waals surface area (Å²) in [6.45, 7) is 2.60. The van der Waals surface area contributed by atoms with Crippen LogP contribution in [-0.2, 0) is 11.3 Å². The molecular weight excluding hydrogens is 406 g/mol. The Morgan fingerprint density at radius 1 is 0.968 bits per heavy atom. The van der Waals surface area contributed by atoms with Gasteiger partial charge >= 0.3 is 0 Å². The molecule has 3 aromatic rings. The number of amides is 1. The van der Waals surface area contributed by atoms with E-state index in [0.29, 0.717) is 16.6 Å². The van der Waals surface area contributed by atoms with Gasteiger partial charge in [-0.2, -0.15) is 0 Å². The van der Waals surface area contributed by atoms with Gasteiger partial charge in [-0.1, -0.05) is 30.3 Å². The van der Waals surface area contributed by atoms with Crippen molar-refractivity contribution in [1.82, 2.24) is 4.90 Å². The molecule has 0 bridgehead atoms. The third-order valence-corrected chi connectivity index (χ3v) is 6.43. The summed E-state index contributed by atoms with van der Waals surface area (Å²) in [7, 11) is 0. The number of nitrogens with zero attached hydrogens (tertiary/aromatic N) is 3. The molecule has 0 N–H and O–H groups in total. The maximum Gasteiger partial charge on any atom is 0.267 e. The van der Waals surface area contributed by atoms with Crippen molar-refractivity contribution in [1.29, 1.82) is 0 Å². The number of anilines is 1. The fourth-order valence-corrected chi connectivity index (χ4v) is 4.81. The second kappa shape index (κ2) is 8.86. The molecule has 0 spiro atoms. The van der Waals surface area contributed by atoms with Crippen LogP contribution in [0.1, 0.15) is 24.2 Å². The summed E-state index contributed by atoms with van der Waals surface area (Å²) in [4.78, 5) is 22.7. The number of carbonyl (C=O) groups is 1. The van der Waals surface area contributed by atoms with Gasteiger partial charge in [-0.25, -0.2) is 4.99 Å². The first-order valence-corrected chi connectivity index (χ1v) is 11.3. The first kappa shape index (κ1) is 19.7. The third kappa shape index (κ3) is 4.44. The van der Waals surface area contributed by atoms with Crippen LogP contribution in [0, 0.1) is 0 Å². The van der Waals surface area contributed by atoms with Crippen LogP contribution in [0.3, 0.4) is 0 Å². The second-order valence-corrected chi connectivity index (χ2v) is 8.61. The lowest BCUT2D eigenvalue weighted by Gasteiger charge is -2.17. The maximum absolute atomic E-state index is 13.2. The summed E-state index contributed by atoms with van der Waals surface area (Å²) < 4.78 is 5.48. The minimum atomic E-state index is -0.0558. The topological polar surface area (TPSA) is 49.1 Å². The zero-order chi connectivity index (χ0) is 21.0. The van der Waals surface area contributed by atoms with E-state index in [-0.39, 0.29) is 5.91 Å². The van der Waals surface area contributed by atoms with E-state index in [1.165, 1.54) is 30.3 Å². The molecule has 6 heteroatoms. The molecule has 156 valence electrons. The SMILES string of the molecule is O=C1/C(=C\c2ccc(N3CCCC3)cc2)SC(=Nc2ccccc2)N1Cc1ccco1. The zero-order valence-corrected chi connectivity index (χ0v) is 17.9. The minimum Gasteiger partial charge on any atom is -0.467 e. The predicted molar refractivity (Wildman–Crippen MR) is 126 cm³/mol. The number of thioether (sulfide) groups is 1. The van der Waals surface area contributed by atoms with E-state index in [1.54, 1.807) is 11.2 Å². The summed E-state index contributed by atoms with van der Waals surface area (Å²) in [5.41, 5.74) is 3.08. The predicted octanol–water partition coefficient (Wildman–Crippen LogP) is 5.68. The van der Waals surface area contributed by atoms with Gasteiger partial charge in [0.15, 0.2) is 5.17 Å². The van der Waals surface area contributed by atoms with E-state index in [0.717, 1.165) is 30.1 Å². The van der Waals surface area contributed by atoms with Crippen molar-refractivity contribution in [3.63, 3.8) is 0 Å². The third-order valence-electron chi connectivity index (χ3n) is 5.43. The second-order valence-electron chi connectivity index (χ2n) is 7.60. The molecular formula is C25H23N3O2S. The van der Waals surface area contributed by atoms with E-state index < -0.39 is 0 Å². The molecule has 0 unspecified atom stereocenters. The average Bonchev–Trinajstić information content (AvgIpc) is 3.56. The Labute approximate surface area is 186 Å². The average molecular weight is 430 g/mol. The van der Waals surface area contributed by atoms with E-state index in [4.69, 9.17) is 9.41 Å². The van der Waals surface area contributed by atoms with Gasteiger partial charge < -0.3 is 9.32 Å². The van der Waals surface area contributed by atoms with E-state index in [1.807, 2.05) is 48.5 Å². The van der Waals surface area contributed by atoms with E-state index in [9.17, 15) is 4.79 Å². The summed E-state index contributed by atoms with van der Waals surface area (Å²) in [5.74, 6) is 0.672. The van der Waals surface area contributed by atoms with Gasteiger partial charge in [-0.15, -0.1) is 0 Å². The fraction of sp³-hybridized carbons (Fsp3) is 0.200. The normalized spacial score (nSPS) is 19.2. The highest BCUT2D eigenvalue weighted by molar-refractivity contribution is 8.18. The summed E-state index contributed by atoms with van der Waals surface area (Å²) >= 11 is 1.40. The standard InChI is InChI=1S/C25H23N3O2S/c29-24-23(17-19-10-12-21(13-11-19)27-14-4-5-15-27)31-25(26-20-7-2-1-3-8-20)28(24)18-22-9-6-16-30-22/h1-3,6-13,16-17H,4-5,14-15,18H2/b23-17+,26-25?. The van der Waals surface area contributed by atoms with Crippen molar-refractivity contribution in [2.45, 2.75) is 19.4 Å². The molecule has 2 aromatic carbocycles. The maximum atomic E-state index is 13.2. The molecule has 2 aliphatic heterocycles. The van der Waals surface area contributed by atoms with E-state index in [2.05, 4.69) is 29.2 Å². The first-order chi connectivity index (χ1) is 15.3. The Morgan fingerprint density at radius 2 is 1.74 bits per heavy atom. The summed E-state index contributed by atoms with van der Waals surface area (Å²) in [6, 6.07) is 21.8. The van der Waals surface area contributed by atoms with Crippen LogP contribution >= 0.6 is 11.8 Å². The zero-order valence-electron chi connectivity index (χ0n) is 17.1. The van der Waals surface area contributed by atoms with Crippen LogP contribution < -0.4 is 4.90 Å². The van der Waals surface area contributed by atoms with Crippen molar-refractivity contribution in [2.75, 3.05) is 18.0 Å². The van der Waals surface area contributed by atoms with Crippen LogP contribution in [-0.4, -0.2) is 29.1 Å². The van der Waals surface area contributed by atoms with Crippen molar-refractivity contribution >= 4 is 40.3 Å². The highest BCUT2D eigenvalue weighted by atomic mass is 32.2. The van der Waals surface area contributed by atoms with Crippen LogP contribution in [0.25, 0.3) is 6.08 Å². The first-order valence-electron chi connectivity index (χ1n) is 10.5. The lowest BCUT2D eigenvalue weighted by atomic mass is 10.2. The van der Waals surface area contributed by atoms with Gasteiger partial charge in [0.05, 0.1) is 23.4 Å². The number of rotatable bonds is 5. The molecule has 2 aliphatic rings. The van der Waals surface area contributed by atoms with Crippen LogP contribution in [0.5, 0.6) is 0 Å². The lowest BCUT2D eigenvalue weighted by molar-refractivity contribution is -0.122. The Balaban J connectivity index is 1.42. The highest BCUT2D eigenvalue weighted by Crippen LogP contribution is 2.35. The molecule has 3 heterocycles. The molecule has 1 aromatic heterocycles. The Kier molecular flexibility index (Phi) is 5.63. The van der Waals surface area contributed by atoms with Crippen molar-refractivity contribution in [2.24, 2.45) is 4.99 Å². The number of hydrogen-bond donors (Lipinski definition) is 0. The summed E-state index contributed by atoms with van der Waals surface area (Å²) in [6.07, 6.45) is 6.08. The molecule has 0 radical (unpaired) electrons. The number of para-hydroxylation sites is 1. The lowest BCUT2D eigenvalue weighted by Crippen LogP contribution is -2.28. The molecule has 2 saturated heterocycles. The molecule has 5 nitrogen and oxygen atoms in total. The van der Waals surface area contributed by atoms with Gasteiger partial charge in [-0.3, -0.25) is 9.69 Å². The minimum absolute atomic E-state index is 0.0558. The van der Waals surface area contributed by atoms with Crippen molar-refractivity contribution in [3.8, 4) is 0 Å². The van der Waals surface area contributed by atoms with Crippen LogP contribution in [0.2, 0.25) is 0 Å². The number of amidine groups is 1. The smallest absolute Gasteiger partial charge is 0.267 e. The highest BCUT2D eigenvalue weighted by Gasteiger charge is 2.34. The fourth-order valence-electron chi connectivity index (χ4n) is 3.81. The van der Waals surface area contributed by atoms with Crippen molar-refractivity contribution in [3.05, 3.63) is 89.2 Å². The quantitative estimate of drug-likeness (QED) is 0.489. The van der Waals surface area contributed by atoms with Gasteiger partial charge in [-0.05, 0) is 72.6 Å². The van der Waals surface area contributed by atoms with Gasteiger partial charge in [0.25, 0.3) is 5.91 Å². The van der Waals surface area contributed by atoms with Gasteiger partial charge in [0.2, 0.25) is 0 Å². The number of aliphatic imine (C=N–C) groups is 1. The van der Waals surface area contributed by atoms with Crippen molar-refractivity contribution < 1.29 is 9.21 Å². The largest absolute Gasteiger partial charge is 0.467 e. The number of hydrogen-bond acceptors (Lipinski definition) is 5. The van der Waals surface area contributed by atoms with Gasteiger partial charge in [0.1, 0.15) is 5.76 Å². The van der Waals surface area contributed by atoms with Crippen LogP contribution in [0.4, 0.5) is 11.4 Å². The van der Waals surface area contributed by atoms with Crippen LogP contribution in [0.15, 0.2) is 87.3 Å². The molecule has 0 atom stereocenters. The van der Waals surface area contributed by atoms with Gasteiger partial charge in [0, 0.05) is 18.8 Å². The monoisotopic (exact) mass is 429 g/mol. The molecule has 0 aliphatic carbocycles. The Hall–Kier alpha value is -3.25. The number of benzene rings is 2. The number of carbonyl (C=O) groups excluding carboxylic acids is 1. The number of furan rings is 1. The molecule has 5 rings (SSSR count).